The smallest absolute Gasteiger partial charge is 0.0685 e. The van der Waals surface area contributed by atoms with E-state index in [2.05, 4.69) is 6.92 Å². The molecular formula is C13H22O2. The van der Waals surface area contributed by atoms with Gasteiger partial charge >= 0.3 is 0 Å². The number of ether oxygens (including phenoxy) is 2. The number of rotatable bonds is 4. The molecule has 0 N–H and O–H groups in total. The molecule has 2 bridgehead atoms. The predicted molar refractivity (Wildman–Crippen MR) is 58.8 cm³/mol. The maximum Gasteiger partial charge on any atom is 0.0685 e. The Morgan fingerprint density at radius 1 is 1.27 bits per heavy atom. The summed E-state index contributed by atoms with van der Waals surface area (Å²) >= 11 is 0. The Morgan fingerprint density at radius 3 is 2.40 bits per heavy atom. The lowest BCUT2D eigenvalue weighted by Crippen LogP contribution is -2.47. The van der Waals surface area contributed by atoms with E-state index in [1.54, 1.807) is 0 Å². The third kappa shape index (κ3) is 1.62. The molecule has 0 aromatic heterocycles. The molecule has 2 saturated carbocycles. The monoisotopic (exact) mass is 210 g/mol. The van der Waals surface area contributed by atoms with Crippen LogP contribution in [0.5, 0.6) is 0 Å². The van der Waals surface area contributed by atoms with Crippen molar-refractivity contribution in [2.75, 3.05) is 19.8 Å². The number of hydrogen-bond acceptors (Lipinski definition) is 2. The first kappa shape index (κ1) is 10.1. The second-order valence-electron chi connectivity index (χ2n) is 5.97. The largest absolute Gasteiger partial charge is 0.380 e. The van der Waals surface area contributed by atoms with Crippen LogP contribution in [0.1, 0.15) is 45.4 Å². The summed E-state index contributed by atoms with van der Waals surface area (Å²) in [6.45, 7) is 5.04. The molecule has 1 saturated heterocycles. The quantitative estimate of drug-likeness (QED) is 0.710. The SMILES string of the molecule is CCC1(COC23CCC(CC2)C3)COC1. The van der Waals surface area contributed by atoms with Gasteiger partial charge in [0.1, 0.15) is 0 Å². The molecule has 0 spiro atoms. The van der Waals surface area contributed by atoms with Crippen molar-refractivity contribution in [3.05, 3.63) is 0 Å². The molecule has 1 heterocycles. The van der Waals surface area contributed by atoms with Crippen LogP contribution in [0.3, 0.4) is 0 Å². The Bertz CT molecular complexity index is 231. The van der Waals surface area contributed by atoms with Gasteiger partial charge in [0, 0.05) is 5.41 Å². The zero-order chi connectivity index (χ0) is 10.4. The zero-order valence-corrected chi connectivity index (χ0v) is 9.76. The van der Waals surface area contributed by atoms with Crippen LogP contribution in [-0.2, 0) is 9.47 Å². The van der Waals surface area contributed by atoms with Crippen molar-refractivity contribution >= 4 is 0 Å². The second kappa shape index (κ2) is 3.46. The van der Waals surface area contributed by atoms with Crippen molar-refractivity contribution in [1.82, 2.24) is 0 Å². The highest BCUT2D eigenvalue weighted by Crippen LogP contribution is 2.50. The molecule has 86 valence electrons. The van der Waals surface area contributed by atoms with E-state index >= 15 is 0 Å². The van der Waals surface area contributed by atoms with Crippen molar-refractivity contribution in [3.63, 3.8) is 0 Å². The standard InChI is InChI=1S/C13H22O2/c1-2-12(8-14-9-12)10-15-13-5-3-11(7-13)4-6-13/h11H,2-10H2,1H3. The van der Waals surface area contributed by atoms with Gasteiger partial charge in [-0.1, -0.05) is 6.92 Å². The fourth-order valence-corrected chi connectivity index (χ4v) is 3.43. The van der Waals surface area contributed by atoms with E-state index in [1.807, 2.05) is 0 Å². The lowest BCUT2D eigenvalue weighted by atomic mass is 9.84. The highest BCUT2D eigenvalue weighted by molar-refractivity contribution is 4.98. The minimum absolute atomic E-state index is 0.294. The molecular weight excluding hydrogens is 188 g/mol. The minimum atomic E-state index is 0.294. The van der Waals surface area contributed by atoms with Gasteiger partial charge in [-0.05, 0) is 44.4 Å². The fraction of sp³-hybridized carbons (Fsp3) is 1.00. The zero-order valence-electron chi connectivity index (χ0n) is 9.76. The van der Waals surface area contributed by atoms with Crippen molar-refractivity contribution in [2.24, 2.45) is 11.3 Å². The maximum atomic E-state index is 6.30. The van der Waals surface area contributed by atoms with Gasteiger partial charge in [-0.3, -0.25) is 0 Å². The van der Waals surface area contributed by atoms with Crippen LogP contribution in [0, 0.1) is 11.3 Å². The Hall–Kier alpha value is -0.0800. The first-order valence-electron chi connectivity index (χ1n) is 6.48. The average Bonchev–Trinajstić information content (AvgIpc) is 2.77. The van der Waals surface area contributed by atoms with Gasteiger partial charge in [-0.15, -0.1) is 0 Å². The normalized spacial score (nSPS) is 41.8. The van der Waals surface area contributed by atoms with Gasteiger partial charge in [0.05, 0.1) is 25.4 Å². The predicted octanol–water partition coefficient (Wildman–Crippen LogP) is 2.76. The van der Waals surface area contributed by atoms with Crippen LogP contribution >= 0.6 is 0 Å². The van der Waals surface area contributed by atoms with Crippen molar-refractivity contribution in [3.8, 4) is 0 Å². The second-order valence-corrected chi connectivity index (χ2v) is 5.97. The molecule has 0 amide bonds. The fourth-order valence-electron chi connectivity index (χ4n) is 3.43. The van der Waals surface area contributed by atoms with Gasteiger partial charge < -0.3 is 9.47 Å². The molecule has 0 aromatic carbocycles. The molecule has 15 heavy (non-hydrogen) atoms. The molecule has 3 fully saturated rings. The molecule has 0 atom stereocenters. The van der Waals surface area contributed by atoms with Gasteiger partial charge in [0.2, 0.25) is 0 Å². The molecule has 1 aliphatic heterocycles. The van der Waals surface area contributed by atoms with Gasteiger partial charge in [0.15, 0.2) is 0 Å². The Kier molecular flexibility index (Phi) is 2.33. The Labute approximate surface area is 92.3 Å². The van der Waals surface area contributed by atoms with Crippen molar-refractivity contribution in [2.45, 2.75) is 51.0 Å². The number of fused-ring (bicyclic) bond motifs is 2. The molecule has 0 radical (unpaired) electrons. The summed E-state index contributed by atoms with van der Waals surface area (Å²) in [4.78, 5) is 0. The molecule has 0 unspecified atom stereocenters. The highest BCUT2D eigenvalue weighted by atomic mass is 16.5. The van der Waals surface area contributed by atoms with E-state index in [9.17, 15) is 0 Å². The number of hydrogen-bond donors (Lipinski definition) is 0. The van der Waals surface area contributed by atoms with E-state index in [-0.39, 0.29) is 0 Å². The first-order valence-corrected chi connectivity index (χ1v) is 6.48. The molecule has 2 nitrogen and oxygen atoms in total. The molecule has 3 rings (SSSR count). The first-order chi connectivity index (χ1) is 7.26. The molecule has 2 heteroatoms. The van der Waals surface area contributed by atoms with Crippen molar-refractivity contribution in [1.29, 1.82) is 0 Å². The summed E-state index contributed by atoms with van der Waals surface area (Å²) in [5.41, 5.74) is 0.665. The lowest BCUT2D eigenvalue weighted by molar-refractivity contribution is -0.178. The van der Waals surface area contributed by atoms with Crippen LogP contribution in [-0.4, -0.2) is 25.4 Å². The average molecular weight is 210 g/mol. The third-order valence-corrected chi connectivity index (χ3v) is 4.93. The van der Waals surface area contributed by atoms with E-state index in [4.69, 9.17) is 9.47 Å². The Morgan fingerprint density at radius 2 is 2.00 bits per heavy atom. The molecule has 3 aliphatic rings. The van der Waals surface area contributed by atoms with Gasteiger partial charge in [-0.25, -0.2) is 0 Å². The summed E-state index contributed by atoms with van der Waals surface area (Å²) in [7, 11) is 0. The summed E-state index contributed by atoms with van der Waals surface area (Å²) in [6, 6.07) is 0. The van der Waals surface area contributed by atoms with E-state index in [1.165, 1.54) is 38.5 Å². The molecule has 0 aromatic rings. The van der Waals surface area contributed by atoms with Crippen LogP contribution in [0.15, 0.2) is 0 Å². The summed E-state index contributed by atoms with van der Waals surface area (Å²) < 4.78 is 11.6. The summed E-state index contributed by atoms with van der Waals surface area (Å²) in [5.74, 6) is 0.986. The van der Waals surface area contributed by atoms with Crippen molar-refractivity contribution < 1.29 is 9.47 Å². The van der Waals surface area contributed by atoms with Crippen LogP contribution in [0.4, 0.5) is 0 Å². The van der Waals surface area contributed by atoms with Crippen LogP contribution in [0.2, 0.25) is 0 Å². The van der Waals surface area contributed by atoms with E-state index in [0.717, 1.165) is 25.7 Å². The van der Waals surface area contributed by atoms with E-state index in [0.29, 0.717) is 11.0 Å². The molecule has 2 aliphatic carbocycles. The van der Waals surface area contributed by atoms with E-state index < -0.39 is 0 Å². The van der Waals surface area contributed by atoms with Crippen LogP contribution in [0.25, 0.3) is 0 Å². The Balaban J connectivity index is 1.57. The highest BCUT2D eigenvalue weighted by Gasteiger charge is 2.48. The van der Waals surface area contributed by atoms with Gasteiger partial charge in [0.25, 0.3) is 0 Å². The third-order valence-electron chi connectivity index (χ3n) is 4.93. The maximum absolute atomic E-state index is 6.30. The summed E-state index contributed by atoms with van der Waals surface area (Å²) in [5, 5.41) is 0. The van der Waals surface area contributed by atoms with Gasteiger partial charge in [-0.2, -0.15) is 0 Å². The lowest BCUT2D eigenvalue weighted by Gasteiger charge is -2.43. The van der Waals surface area contributed by atoms with Crippen LogP contribution < -0.4 is 0 Å². The summed E-state index contributed by atoms with van der Waals surface area (Å²) in [6.07, 6.45) is 8.00. The topological polar surface area (TPSA) is 18.5 Å². The minimum Gasteiger partial charge on any atom is -0.380 e.